The van der Waals surface area contributed by atoms with Gasteiger partial charge in [-0.05, 0) is 49.4 Å². The minimum atomic E-state index is -3.92. The average Bonchev–Trinajstić information content (AvgIpc) is 2.60. The molecule has 0 fully saturated rings. The largest absolute Gasteiger partial charge is 0.468 e. The Bertz CT molecular complexity index is 962. The Morgan fingerprint density at radius 3 is 2.26 bits per heavy atom. The van der Waals surface area contributed by atoms with E-state index >= 15 is 0 Å². The van der Waals surface area contributed by atoms with E-state index in [0.29, 0.717) is 10.7 Å². The lowest BCUT2D eigenvalue weighted by molar-refractivity contribution is -0.142. The van der Waals surface area contributed by atoms with Crippen LogP contribution < -0.4 is 10.0 Å². The van der Waals surface area contributed by atoms with Gasteiger partial charge in [-0.25, -0.2) is 8.42 Å². The van der Waals surface area contributed by atoms with E-state index in [1.807, 2.05) is 0 Å². The van der Waals surface area contributed by atoms with Gasteiger partial charge < -0.3 is 10.1 Å². The topological polar surface area (TPSA) is 102 Å². The molecule has 144 valence electrons. The van der Waals surface area contributed by atoms with Crippen LogP contribution in [0.5, 0.6) is 0 Å². The summed E-state index contributed by atoms with van der Waals surface area (Å²) in [6.45, 7) is 1.37. The molecule has 0 aliphatic heterocycles. The van der Waals surface area contributed by atoms with Crippen LogP contribution in [0, 0.1) is 0 Å². The number of ether oxygens (including phenoxy) is 1. The molecule has 2 N–H and O–H groups in total. The molecular formula is C17H16Cl2N2O5S. The molecule has 0 saturated heterocycles. The van der Waals surface area contributed by atoms with Crippen molar-refractivity contribution in [1.82, 2.24) is 4.72 Å². The fourth-order valence-electron chi connectivity index (χ4n) is 2.12. The Labute approximate surface area is 166 Å². The normalized spacial score (nSPS) is 12.3. The quantitative estimate of drug-likeness (QED) is 0.685. The summed E-state index contributed by atoms with van der Waals surface area (Å²) in [7, 11) is -2.76. The van der Waals surface area contributed by atoms with Crippen molar-refractivity contribution in [3.05, 3.63) is 58.1 Å². The highest BCUT2D eigenvalue weighted by Gasteiger charge is 2.22. The van der Waals surface area contributed by atoms with Crippen LogP contribution in [-0.2, 0) is 19.6 Å². The molecule has 0 aromatic heterocycles. The van der Waals surface area contributed by atoms with E-state index < -0.39 is 27.9 Å². The maximum absolute atomic E-state index is 12.3. The average molecular weight is 431 g/mol. The van der Waals surface area contributed by atoms with Crippen LogP contribution in [0.3, 0.4) is 0 Å². The first-order chi connectivity index (χ1) is 12.6. The van der Waals surface area contributed by atoms with Gasteiger partial charge in [-0.15, -0.1) is 0 Å². The predicted octanol–water partition coefficient (Wildman–Crippen LogP) is 3.09. The number of carbonyl (C=O) groups is 2. The smallest absolute Gasteiger partial charge is 0.323 e. The van der Waals surface area contributed by atoms with Gasteiger partial charge >= 0.3 is 5.97 Å². The lowest BCUT2D eigenvalue weighted by Crippen LogP contribution is -2.39. The van der Waals surface area contributed by atoms with Gasteiger partial charge in [0.1, 0.15) is 6.04 Å². The van der Waals surface area contributed by atoms with Crippen LogP contribution in [0.25, 0.3) is 0 Å². The molecule has 27 heavy (non-hydrogen) atoms. The lowest BCUT2D eigenvalue weighted by atomic mass is 10.2. The maximum Gasteiger partial charge on any atom is 0.323 e. The van der Waals surface area contributed by atoms with E-state index in [4.69, 9.17) is 23.2 Å². The summed E-state index contributed by atoms with van der Waals surface area (Å²) in [5, 5.41) is 3.21. The Balaban J connectivity index is 2.12. The van der Waals surface area contributed by atoms with Gasteiger partial charge in [-0.1, -0.05) is 23.2 Å². The number of amides is 1. The van der Waals surface area contributed by atoms with Crippen LogP contribution in [0.2, 0.25) is 10.0 Å². The number of methoxy groups -OCH3 is 1. The molecular weight excluding hydrogens is 415 g/mol. The Hall–Kier alpha value is -2.13. The van der Waals surface area contributed by atoms with Gasteiger partial charge in [0.05, 0.1) is 22.6 Å². The van der Waals surface area contributed by atoms with Gasteiger partial charge in [-0.3, -0.25) is 9.59 Å². The zero-order chi connectivity index (χ0) is 20.2. The molecule has 1 atom stereocenters. The number of benzene rings is 2. The molecule has 7 nitrogen and oxygen atoms in total. The highest BCUT2D eigenvalue weighted by atomic mass is 35.5. The summed E-state index contributed by atoms with van der Waals surface area (Å²) in [6.07, 6.45) is 0. The fraction of sp³-hybridized carbons (Fsp3) is 0.176. The first-order valence-corrected chi connectivity index (χ1v) is 9.84. The third kappa shape index (κ3) is 5.43. The Morgan fingerprint density at radius 1 is 1.07 bits per heavy atom. The van der Waals surface area contributed by atoms with Crippen molar-refractivity contribution in [2.24, 2.45) is 0 Å². The number of carbonyl (C=O) groups excluding carboxylic acids is 2. The molecule has 0 aliphatic carbocycles. The van der Waals surface area contributed by atoms with Crippen LogP contribution in [0.4, 0.5) is 5.69 Å². The van der Waals surface area contributed by atoms with Crippen LogP contribution in [-0.4, -0.2) is 33.4 Å². The van der Waals surface area contributed by atoms with Crippen molar-refractivity contribution in [3.8, 4) is 0 Å². The Kier molecular flexibility index (Phi) is 6.83. The highest BCUT2D eigenvalue weighted by molar-refractivity contribution is 7.89. The number of halogens is 2. The lowest BCUT2D eigenvalue weighted by Gasteiger charge is -2.12. The van der Waals surface area contributed by atoms with Crippen molar-refractivity contribution < 1.29 is 22.7 Å². The molecule has 2 aromatic rings. The molecule has 0 spiro atoms. The van der Waals surface area contributed by atoms with E-state index in [1.165, 1.54) is 49.4 Å². The van der Waals surface area contributed by atoms with E-state index in [2.05, 4.69) is 14.8 Å². The molecule has 1 amide bonds. The summed E-state index contributed by atoms with van der Waals surface area (Å²) in [5.74, 6) is -1.17. The third-order valence-electron chi connectivity index (χ3n) is 3.48. The van der Waals surface area contributed by atoms with Crippen LogP contribution in [0.15, 0.2) is 47.4 Å². The van der Waals surface area contributed by atoms with Gasteiger partial charge in [0, 0.05) is 10.7 Å². The molecule has 0 saturated carbocycles. The SMILES string of the molecule is COC(=O)[C@@H](C)NS(=O)(=O)c1ccc(NC(=O)c2ccc(Cl)cc2Cl)cc1. The van der Waals surface area contributed by atoms with Gasteiger partial charge in [-0.2, -0.15) is 4.72 Å². The fourth-order valence-corrected chi connectivity index (χ4v) is 3.80. The summed E-state index contributed by atoms with van der Waals surface area (Å²) in [6, 6.07) is 8.85. The number of anilines is 1. The maximum atomic E-state index is 12.3. The van der Waals surface area contributed by atoms with Gasteiger partial charge in [0.15, 0.2) is 0 Å². The second kappa shape index (κ2) is 8.71. The molecule has 0 aliphatic rings. The zero-order valence-electron chi connectivity index (χ0n) is 14.3. The van der Waals surface area contributed by atoms with Crippen molar-refractivity contribution in [3.63, 3.8) is 0 Å². The summed E-state index contributed by atoms with van der Waals surface area (Å²) in [5.41, 5.74) is 0.595. The highest BCUT2D eigenvalue weighted by Crippen LogP contribution is 2.22. The molecule has 0 unspecified atom stereocenters. The summed E-state index contributed by atoms with van der Waals surface area (Å²) >= 11 is 11.8. The number of esters is 1. The van der Waals surface area contributed by atoms with Gasteiger partial charge in [0.2, 0.25) is 10.0 Å². The van der Waals surface area contributed by atoms with E-state index in [1.54, 1.807) is 0 Å². The number of rotatable bonds is 6. The second-order valence-corrected chi connectivity index (χ2v) is 8.03. The molecule has 0 radical (unpaired) electrons. The minimum absolute atomic E-state index is 0.0687. The third-order valence-corrected chi connectivity index (χ3v) is 5.59. The van der Waals surface area contributed by atoms with Gasteiger partial charge in [0.25, 0.3) is 5.91 Å². The van der Waals surface area contributed by atoms with Crippen molar-refractivity contribution in [2.45, 2.75) is 17.9 Å². The monoisotopic (exact) mass is 430 g/mol. The summed E-state index contributed by atoms with van der Waals surface area (Å²) < 4.78 is 31.2. The molecule has 0 bridgehead atoms. The summed E-state index contributed by atoms with van der Waals surface area (Å²) in [4.78, 5) is 23.6. The number of nitrogens with one attached hydrogen (secondary N) is 2. The number of sulfonamides is 1. The van der Waals surface area contributed by atoms with Crippen LogP contribution in [0.1, 0.15) is 17.3 Å². The Morgan fingerprint density at radius 2 is 1.70 bits per heavy atom. The predicted molar refractivity (Wildman–Crippen MR) is 103 cm³/mol. The van der Waals surface area contributed by atoms with Crippen LogP contribution >= 0.6 is 23.2 Å². The van der Waals surface area contributed by atoms with E-state index in [9.17, 15) is 18.0 Å². The molecule has 2 rings (SSSR count). The molecule has 0 heterocycles. The number of hydrogen-bond acceptors (Lipinski definition) is 5. The number of hydrogen-bond donors (Lipinski definition) is 2. The van der Waals surface area contributed by atoms with Crippen molar-refractivity contribution in [2.75, 3.05) is 12.4 Å². The molecule has 10 heteroatoms. The van der Waals surface area contributed by atoms with Crippen molar-refractivity contribution in [1.29, 1.82) is 0 Å². The zero-order valence-corrected chi connectivity index (χ0v) is 16.7. The second-order valence-electron chi connectivity index (χ2n) is 5.47. The minimum Gasteiger partial charge on any atom is -0.468 e. The van der Waals surface area contributed by atoms with E-state index in [-0.39, 0.29) is 15.5 Å². The first-order valence-electron chi connectivity index (χ1n) is 7.60. The first kappa shape index (κ1) is 21.2. The standard InChI is InChI=1S/C17H16Cl2N2O5S/c1-10(17(23)26-2)21-27(24,25)13-6-4-12(5-7-13)20-16(22)14-8-3-11(18)9-15(14)19/h3-10,21H,1-2H3,(H,20,22)/t10-/m1/s1. The van der Waals surface area contributed by atoms with Crippen molar-refractivity contribution >= 4 is 50.8 Å². The van der Waals surface area contributed by atoms with E-state index in [0.717, 1.165) is 7.11 Å². The molecule has 2 aromatic carbocycles.